The Kier molecular flexibility index (Phi) is 3.51. The van der Waals surface area contributed by atoms with Crippen LogP contribution in [0, 0.1) is 25.2 Å². The number of aromatic hydroxyl groups is 1. The Labute approximate surface area is 117 Å². The summed E-state index contributed by atoms with van der Waals surface area (Å²) < 4.78 is 25.2. The molecule has 0 amide bonds. The van der Waals surface area contributed by atoms with Gasteiger partial charge < -0.3 is 5.11 Å². The van der Waals surface area contributed by atoms with Gasteiger partial charge in [0.1, 0.15) is 11.8 Å². The predicted octanol–water partition coefficient (Wildman–Crippen LogP) is 2.71. The summed E-state index contributed by atoms with van der Waals surface area (Å²) in [5.74, 6) is -0.116. The molecule has 0 heterocycles. The first-order chi connectivity index (χ1) is 9.36. The molecule has 4 nitrogen and oxygen atoms in total. The van der Waals surface area contributed by atoms with E-state index in [0.717, 1.165) is 0 Å². The number of phenols is 1. The number of rotatable bonds is 2. The maximum absolute atomic E-state index is 12.6. The van der Waals surface area contributed by atoms with Gasteiger partial charge in [0, 0.05) is 0 Å². The molecule has 5 heteroatoms. The molecule has 0 aliphatic rings. The summed E-state index contributed by atoms with van der Waals surface area (Å²) in [4.78, 5) is -0.0536. The Hall–Kier alpha value is -2.32. The average Bonchev–Trinajstić information content (AvgIpc) is 2.37. The van der Waals surface area contributed by atoms with Crippen molar-refractivity contribution in [2.45, 2.75) is 23.6 Å². The zero-order valence-corrected chi connectivity index (χ0v) is 11.9. The van der Waals surface area contributed by atoms with E-state index in [2.05, 4.69) is 0 Å². The number of nitriles is 1. The van der Waals surface area contributed by atoms with Crippen molar-refractivity contribution in [1.29, 1.82) is 5.26 Å². The van der Waals surface area contributed by atoms with Crippen molar-refractivity contribution >= 4 is 9.84 Å². The van der Waals surface area contributed by atoms with Crippen LogP contribution in [-0.4, -0.2) is 13.5 Å². The van der Waals surface area contributed by atoms with Gasteiger partial charge in [0.25, 0.3) is 0 Å². The summed E-state index contributed by atoms with van der Waals surface area (Å²) in [6.45, 7) is 3.38. The lowest BCUT2D eigenvalue weighted by atomic mass is 10.1. The molecule has 102 valence electrons. The van der Waals surface area contributed by atoms with E-state index in [1.165, 1.54) is 24.3 Å². The number of hydrogen-bond donors (Lipinski definition) is 1. The molecule has 0 bridgehead atoms. The number of nitrogens with zero attached hydrogens (tertiary/aromatic N) is 1. The van der Waals surface area contributed by atoms with Crippen LogP contribution in [0.5, 0.6) is 5.75 Å². The lowest BCUT2D eigenvalue weighted by molar-refractivity contribution is 0.472. The van der Waals surface area contributed by atoms with Gasteiger partial charge in [0.2, 0.25) is 9.84 Å². The number of aryl methyl sites for hydroxylation is 2. The first-order valence-electron chi connectivity index (χ1n) is 5.91. The monoisotopic (exact) mass is 287 g/mol. The molecule has 0 saturated carbocycles. The van der Waals surface area contributed by atoms with E-state index < -0.39 is 9.84 Å². The van der Waals surface area contributed by atoms with E-state index in [4.69, 9.17) is 5.26 Å². The van der Waals surface area contributed by atoms with E-state index in [9.17, 15) is 13.5 Å². The highest BCUT2D eigenvalue weighted by Gasteiger charge is 2.23. The maximum Gasteiger partial charge on any atom is 0.208 e. The van der Waals surface area contributed by atoms with E-state index in [1.807, 2.05) is 6.07 Å². The second-order valence-electron chi connectivity index (χ2n) is 4.57. The van der Waals surface area contributed by atoms with Crippen LogP contribution in [0.1, 0.15) is 16.7 Å². The Morgan fingerprint density at radius 1 is 1.15 bits per heavy atom. The standard InChI is InChI=1S/C15H13NO3S/c1-10-6-12(17)8-13(7-10)20(18,19)15-5-3-4-11(2)14(15)9-16/h3-8,17H,1-2H3. The quantitative estimate of drug-likeness (QED) is 0.921. The molecule has 0 unspecified atom stereocenters. The highest BCUT2D eigenvalue weighted by molar-refractivity contribution is 7.91. The van der Waals surface area contributed by atoms with Crippen molar-refractivity contribution in [3.8, 4) is 11.8 Å². The lowest BCUT2D eigenvalue weighted by Crippen LogP contribution is -2.05. The van der Waals surface area contributed by atoms with Crippen molar-refractivity contribution in [2.75, 3.05) is 0 Å². The van der Waals surface area contributed by atoms with Gasteiger partial charge >= 0.3 is 0 Å². The predicted molar refractivity (Wildman–Crippen MR) is 74.2 cm³/mol. The lowest BCUT2D eigenvalue weighted by Gasteiger charge is -2.09. The van der Waals surface area contributed by atoms with Gasteiger partial charge in [-0.25, -0.2) is 8.42 Å². The zero-order chi connectivity index (χ0) is 14.9. The summed E-state index contributed by atoms with van der Waals surface area (Å²) in [5.41, 5.74) is 1.37. The number of phenolic OH excluding ortho intramolecular Hbond substituents is 1. The number of benzene rings is 2. The topological polar surface area (TPSA) is 78.2 Å². The molecule has 2 aromatic carbocycles. The Morgan fingerprint density at radius 2 is 1.85 bits per heavy atom. The minimum Gasteiger partial charge on any atom is -0.508 e. The fourth-order valence-corrected chi connectivity index (χ4v) is 3.62. The molecular weight excluding hydrogens is 274 g/mol. The molecule has 2 rings (SSSR count). The second-order valence-corrected chi connectivity index (χ2v) is 6.49. The van der Waals surface area contributed by atoms with E-state index in [1.54, 1.807) is 26.0 Å². The Balaban J connectivity index is 2.74. The molecule has 2 aromatic rings. The van der Waals surface area contributed by atoms with Gasteiger partial charge in [-0.1, -0.05) is 12.1 Å². The molecule has 0 atom stereocenters. The number of hydrogen-bond acceptors (Lipinski definition) is 4. The maximum atomic E-state index is 12.6. The fraction of sp³-hybridized carbons (Fsp3) is 0.133. The third-order valence-corrected chi connectivity index (χ3v) is 4.76. The molecular formula is C15H13NO3S. The highest BCUT2D eigenvalue weighted by atomic mass is 32.2. The average molecular weight is 287 g/mol. The van der Waals surface area contributed by atoms with Crippen LogP contribution in [0.4, 0.5) is 0 Å². The molecule has 0 radical (unpaired) electrons. The normalized spacial score (nSPS) is 11.1. The molecule has 20 heavy (non-hydrogen) atoms. The molecule has 0 saturated heterocycles. The van der Waals surface area contributed by atoms with Gasteiger partial charge in [-0.15, -0.1) is 0 Å². The SMILES string of the molecule is Cc1cc(O)cc(S(=O)(=O)c2cccc(C)c2C#N)c1. The fourth-order valence-electron chi connectivity index (χ4n) is 2.02. The van der Waals surface area contributed by atoms with Gasteiger partial charge in [-0.2, -0.15) is 5.26 Å². The van der Waals surface area contributed by atoms with Gasteiger partial charge in [-0.3, -0.25) is 0 Å². The van der Waals surface area contributed by atoms with Crippen molar-refractivity contribution < 1.29 is 13.5 Å². The van der Waals surface area contributed by atoms with Crippen LogP contribution in [0.15, 0.2) is 46.2 Å². The summed E-state index contributed by atoms with van der Waals surface area (Å²) in [6, 6.07) is 10.7. The summed E-state index contributed by atoms with van der Waals surface area (Å²) in [6.07, 6.45) is 0. The molecule has 0 spiro atoms. The smallest absolute Gasteiger partial charge is 0.208 e. The Morgan fingerprint density at radius 3 is 2.45 bits per heavy atom. The van der Waals surface area contributed by atoms with Crippen LogP contribution in [-0.2, 0) is 9.84 Å². The molecule has 0 aromatic heterocycles. The van der Waals surface area contributed by atoms with Gasteiger partial charge in [-0.05, 0) is 49.2 Å². The Bertz CT molecular complexity index is 797. The van der Waals surface area contributed by atoms with Crippen molar-refractivity contribution in [3.63, 3.8) is 0 Å². The van der Waals surface area contributed by atoms with E-state index in [0.29, 0.717) is 11.1 Å². The van der Waals surface area contributed by atoms with Gasteiger partial charge in [0.15, 0.2) is 0 Å². The third-order valence-electron chi connectivity index (χ3n) is 2.98. The largest absolute Gasteiger partial charge is 0.508 e. The zero-order valence-electron chi connectivity index (χ0n) is 11.1. The molecule has 0 aliphatic carbocycles. The minimum atomic E-state index is -3.83. The first-order valence-corrected chi connectivity index (χ1v) is 7.40. The van der Waals surface area contributed by atoms with Crippen molar-refractivity contribution in [1.82, 2.24) is 0 Å². The summed E-state index contributed by atoms with van der Waals surface area (Å²) in [7, 11) is -3.83. The van der Waals surface area contributed by atoms with Crippen LogP contribution < -0.4 is 0 Å². The van der Waals surface area contributed by atoms with Crippen LogP contribution in [0.2, 0.25) is 0 Å². The molecule has 0 aliphatic heterocycles. The van der Waals surface area contributed by atoms with Crippen molar-refractivity contribution in [3.05, 3.63) is 53.1 Å². The minimum absolute atomic E-state index is 0.0166. The molecule has 0 fully saturated rings. The van der Waals surface area contributed by atoms with Gasteiger partial charge in [0.05, 0.1) is 15.4 Å². The highest BCUT2D eigenvalue weighted by Crippen LogP contribution is 2.28. The summed E-state index contributed by atoms with van der Waals surface area (Å²) >= 11 is 0. The molecule has 1 N–H and O–H groups in total. The van der Waals surface area contributed by atoms with Crippen LogP contribution in [0.3, 0.4) is 0 Å². The third kappa shape index (κ3) is 2.38. The van der Waals surface area contributed by atoms with E-state index in [-0.39, 0.29) is 21.1 Å². The second kappa shape index (κ2) is 4.99. The first kappa shape index (κ1) is 14.1. The van der Waals surface area contributed by atoms with Crippen LogP contribution >= 0.6 is 0 Å². The summed E-state index contributed by atoms with van der Waals surface area (Å²) in [5, 5.41) is 18.7. The van der Waals surface area contributed by atoms with Crippen LogP contribution in [0.25, 0.3) is 0 Å². The van der Waals surface area contributed by atoms with E-state index >= 15 is 0 Å². The van der Waals surface area contributed by atoms with Crippen molar-refractivity contribution in [2.24, 2.45) is 0 Å². The number of sulfone groups is 1.